The maximum Gasteiger partial charge on any atom is 0.260 e. The van der Waals surface area contributed by atoms with Gasteiger partial charge in [-0.05, 0) is 19.1 Å². The molecule has 0 saturated carbocycles. The van der Waals surface area contributed by atoms with E-state index in [1.54, 1.807) is 24.5 Å². The van der Waals surface area contributed by atoms with E-state index in [4.69, 9.17) is 4.74 Å². The fourth-order valence-corrected chi connectivity index (χ4v) is 1.87. The minimum atomic E-state index is 0.0304. The van der Waals surface area contributed by atoms with Crippen LogP contribution in [0, 0.1) is 0 Å². The van der Waals surface area contributed by atoms with E-state index < -0.39 is 0 Å². The summed E-state index contributed by atoms with van der Waals surface area (Å²) in [4.78, 5) is 17.7. The van der Waals surface area contributed by atoms with Gasteiger partial charge in [0.25, 0.3) is 5.91 Å². The average Bonchev–Trinajstić information content (AvgIpc) is 2.38. The lowest BCUT2D eigenvalue weighted by Crippen LogP contribution is -2.53. The molecule has 1 aliphatic rings. The first-order valence-corrected chi connectivity index (χ1v) is 5.80. The molecule has 0 spiro atoms. The fraction of sp³-hybridized carbons (Fsp3) is 0.500. The van der Waals surface area contributed by atoms with Crippen molar-refractivity contribution < 1.29 is 9.53 Å². The molecule has 0 unspecified atom stereocenters. The standard InChI is InChI=1S/C12H17N3O2/c1-10-7-14-5-6-15(10)12(16)9-17-11-3-2-4-13-8-11/h2-4,8,10,14H,5-7,9H2,1H3/t10-/m0/s1. The molecule has 1 atom stereocenters. The molecule has 0 radical (unpaired) electrons. The van der Waals surface area contributed by atoms with Gasteiger partial charge < -0.3 is 15.0 Å². The molecule has 1 fully saturated rings. The second-order valence-electron chi connectivity index (χ2n) is 4.12. The summed E-state index contributed by atoms with van der Waals surface area (Å²) in [7, 11) is 0. The summed E-state index contributed by atoms with van der Waals surface area (Å²) in [6, 6.07) is 3.81. The van der Waals surface area contributed by atoms with E-state index in [1.165, 1.54) is 0 Å². The van der Waals surface area contributed by atoms with Gasteiger partial charge in [0.05, 0.1) is 6.20 Å². The van der Waals surface area contributed by atoms with Gasteiger partial charge in [0.2, 0.25) is 0 Å². The summed E-state index contributed by atoms with van der Waals surface area (Å²) in [6.45, 7) is 4.56. The normalized spacial score (nSPS) is 20.1. The van der Waals surface area contributed by atoms with Gasteiger partial charge in [-0.1, -0.05) is 0 Å². The van der Waals surface area contributed by atoms with Crippen LogP contribution in [-0.2, 0) is 4.79 Å². The van der Waals surface area contributed by atoms with Crippen LogP contribution in [0.4, 0.5) is 0 Å². The summed E-state index contributed by atoms with van der Waals surface area (Å²) >= 11 is 0. The average molecular weight is 235 g/mol. The minimum absolute atomic E-state index is 0.0304. The van der Waals surface area contributed by atoms with Crippen molar-refractivity contribution in [3.8, 4) is 5.75 Å². The van der Waals surface area contributed by atoms with Crippen LogP contribution in [0.3, 0.4) is 0 Å². The Morgan fingerprint density at radius 3 is 3.29 bits per heavy atom. The van der Waals surface area contributed by atoms with Crippen LogP contribution >= 0.6 is 0 Å². The maximum absolute atomic E-state index is 11.9. The number of pyridine rings is 1. The number of piperazine rings is 1. The van der Waals surface area contributed by atoms with Crippen molar-refractivity contribution in [1.82, 2.24) is 15.2 Å². The lowest BCUT2D eigenvalue weighted by Gasteiger charge is -2.33. The molecular formula is C12H17N3O2. The van der Waals surface area contributed by atoms with Crippen LogP contribution in [-0.4, -0.2) is 48.1 Å². The molecule has 1 N–H and O–H groups in total. The van der Waals surface area contributed by atoms with E-state index in [2.05, 4.69) is 10.3 Å². The van der Waals surface area contributed by atoms with E-state index in [0.717, 1.165) is 19.6 Å². The minimum Gasteiger partial charge on any atom is -0.482 e. The molecule has 0 aliphatic carbocycles. The summed E-state index contributed by atoms with van der Waals surface area (Å²) in [5, 5.41) is 3.25. The molecule has 17 heavy (non-hydrogen) atoms. The Kier molecular flexibility index (Phi) is 3.93. The van der Waals surface area contributed by atoms with Crippen LogP contribution in [0.1, 0.15) is 6.92 Å². The van der Waals surface area contributed by atoms with Gasteiger partial charge in [0.15, 0.2) is 6.61 Å². The van der Waals surface area contributed by atoms with Crippen LogP contribution in [0.2, 0.25) is 0 Å². The first-order chi connectivity index (χ1) is 8.27. The third kappa shape index (κ3) is 3.17. The molecule has 5 heteroatoms. The molecule has 1 saturated heterocycles. The third-order valence-electron chi connectivity index (χ3n) is 2.82. The Hall–Kier alpha value is -1.62. The Balaban J connectivity index is 1.84. The quantitative estimate of drug-likeness (QED) is 0.817. The number of carbonyl (C=O) groups is 1. The summed E-state index contributed by atoms with van der Waals surface area (Å²) < 4.78 is 5.40. The number of aromatic nitrogens is 1. The number of amides is 1. The largest absolute Gasteiger partial charge is 0.482 e. The second kappa shape index (κ2) is 5.63. The van der Waals surface area contributed by atoms with Gasteiger partial charge in [0, 0.05) is 31.9 Å². The Labute approximate surface area is 101 Å². The SMILES string of the molecule is C[C@H]1CNCCN1C(=O)COc1cccnc1. The number of hydrogen-bond donors (Lipinski definition) is 1. The molecule has 0 bridgehead atoms. The lowest BCUT2D eigenvalue weighted by molar-refractivity contribution is -0.136. The molecule has 1 amide bonds. The number of nitrogens with one attached hydrogen (secondary N) is 1. The van der Waals surface area contributed by atoms with Crippen molar-refractivity contribution in [3.63, 3.8) is 0 Å². The zero-order chi connectivity index (χ0) is 12.1. The van der Waals surface area contributed by atoms with E-state index in [9.17, 15) is 4.79 Å². The summed E-state index contributed by atoms with van der Waals surface area (Å²) in [5.74, 6) is 0.659. The van der Waals surface area contributed by atoms with Crippen LogP contribution in [0.25, 0.3) is 0 Å². The number of nitrogens with zero attached hydrogens (tertiary/aromatic N) is 2. The van der Waals surface area contributed by atoms with Crippen molar-refractivity contribution in [3.05, 3.63) is 24.5 Å². The fourth-order valence-electron chi connectivity index (χ4n) is 1.87. The van der Waals surface area contributed by atoms with Gasteiger partial charge in [-0.15, -0.1) is 0 Å². The van der Waals surface area contributed by atoms with E-state index in [-0.39, 0.29) is 18.6 Å². The maximum atomic E-state index is 11.9. The molecule has 1 aliphatic heterocycles. The van der Waals surface area contributed by atoms with Crippen LogP contribution in [0.15, 0.2) is 24.5 Å². The Morgan fingerprint density at radius 1 is 1.71 bits per heavy atom. The molecule has 1 aromatic rings. The van der Waals surface area contributed by atoms with Crippen molar-refractivity contribution in [2.24, 2.45) is 0 Å². The third-order valence-corrected chi connectivity index (χ3v) is 2.82. The zero-order valence-electron chi connectivity index (χ0n) is 9.93. The molecule has 2 heterocycles. The topological polar surface area (TPSA) is 54.5 Å². The highest BCUT2D eigenvalue weighted by molar-refractivity contribution is 5.78. The van der Waals surface area contributed by atoms with Crippen molar-refractivity contribution in [1.29, 1.82) is 0 Å². The first-order valence-electron chi connectivity index (χ1n) is 5.80. The molecule has 1 aromatic heterocycles. The highest BCUT2D eigenvalue weighted by Gasteiger charge is 2.22. The van der Waals surface area contributed by atoms with Crippen molar-refractivity contribution in [2.45, 2.75) is 13.0 Å². The number of hydrogen-bond acceptors (Lipinski definition) is 4. The first kappa shape index (κ1) is 11.9. The summed E-state index contributed by atoms with van der Waals surface area (Å²) in [5.41, 5.74) is 0. The van der Waals surface area contributed by atoms with E-state index in [1.807, 2.05) is 11.8 Å². The van der Waals surface area contributed by atoms with Gasteiger partial charge in [-0.25, -0.2) is 0 Å². The van der Waals surface area contributed by atoms with Crippen molar-refractivity contribution >= 4 is 5.91 Å². The Bertz CT molecular complexity index is 369. The van der Waals surface area contributed by atoms with Gasteiger partial charge >= 0.3 is 0 Å². The predicted molar refractivity (Wildman–Crippen MR) is 63.8 cm³/mol. The zero-order valence-corrected chi connectivity index (χ0v) is 9.93. The molecule has 92 valence electrons. The van der Waals surface area contributed by atoms with Crippen LogP contribution in [0.5, 0.6) is 5.75 Å². The van der Waals surface area contributed by atoms with E-state index >= 15 is 0 Å². The highest BCUT2D eigenvalue weighted by Crippen LogP contribution is 2.08. The summed E-state index contributed by atoms with van der Waals surface area (Å²) in [6.07, 6.45) is 3.28. The molecule has 5 nitrogen and oxygen atoms in total. The number of carbonyl (C=O) groups excluding carboxylic acids is 1. The predicted octanol–water partition coefficient (Wildman–Crippen LogP) is 0.281. The highest BCUT2D eigenvalue weighted by atomic mass is 16.5. The number of ether oxygens (including phenoxy) is 1. The second-order valence-corrected chi connectivity index (χ2v) is 4.12. The molecular weight excluding hydrogens is 218 g/mol. The smallest absolute Gasteiger partial charge is 0.260 e. The van der Waals surface area contributed by atoms with Gasteiger partial charge in [-0.3, -0.25) is 9.78 Å². The molecule has 2 rings (SSSR count). The number of rotatable bonds is 3. The molecule has 0 aromatic carbocycles. The van der Waals surface area contributed by atoms with Crippen LogP contribution < -0.4 is 10.1 Å². The van der Waals surface area contributed by atoms with Gasteiger partial charge in [-0.2, -0.15) is 0 Å². The van der Waals surface area contributed by atoms with E-state index in [0.29, 0.717) is 5.75 Å². The van der Waals surface area contributed by atoms with Gasteiger partial charge in [0.1, 0.15) is 5.75 Å². The monoisotopic (exact) mass is 235 g/mol. The lowest BCUT2D eigenvalue weighted by atomic mass is 10.2. The Morgan fingerprint density at radius 2 is 2.59 bits per heavy atom. The van der Waals surface area contributed by atoms with Crippen molar-refractivity contribution in [2.75, 3.05) is 26.2 Å².